The van der Waals surface area contributed by atoms with Crippen LogP contribution in [-0.2, 0) is 17.6 Å². The van der Waals surface area contributed by atoms with Gasteiger partial charge < -0.3 is 4.42 Å². The van der Waals surface area contributed by atoms with Crippen molar-refractivity contribution in [3.05, 3.63) is 83.7 Å². The summed E-state index contributed by atoms with van der Waals surface area (Å²) < 4.78 is 5.60. The van der Waals surface area contributed by atoms with Crippen molar-refractivity contribution in [1.82, 2.24) is 10.2 Å². The molecule has 4 aromatic rings. The molecule has 1 heterocycles. The maximum Gasteiger partial charge on any atom is 0.322 e. The van der Waals surface area contributed by atoms with E-state index in [0.29, 0.717) is 12.3 Å². The predicted octanol–water partition coefficient (Wildman–Crippen LogP) is 5.11. The molecule has 0 spiro atoms. The molecule has 0 atom stereocenters. The van der Waals surface area contributed by atoms with Crippen LogP contribution in [0.25, 0.3) is 10.8 Å². The number of aromatic nitrogens is 2. The number of carbonyl (C=O) groups is 1. The monoisotopic (exact) mass is 403 g/mol. The first-order valence-corrected chi connectivity index (χ1v) is 10.5. The number of nitrogens with one attached hydrogen (secondary N) is 1. The van der Waals surface area contributed by atoms with Gasteiger partial charge in [0.25, 0.3) is 0 Å². The maximum absolute atomic E-state index is 12.5. The van der Waals surface area contributed by atoms with Gasteiger partial charge in [0.05, 0.1) is 12.8 Å². The predicted molar refractivity (Wildman–Crippen MR) is 116 cm³/mol. The fraction of sp³-hybridized carbons (Fsp3) is 0.174. The fourth-order valence-corrected chi connectivity index (χ4v) is 3.87. The van der Waals surface area contributed by atoms with E-state index < -0.39 is 0 Å². The summed E-state index contributed by atoms with van der Waals surface area (Å²) in [5.74, 6) is 1.34. The topological polar surface area (TPSA) is 68.0 Å². The average Bonchev–Trinajstić information content (AvgIpc) is 3.16. The van der Waals surface area contributed by atoms with Gasteiger partial charge in [0.1, 0.15) is 0 Å². The molecule has 0 saturated heterocycles. The van der Waals surface area contributed by atoms with Gasteiger partial charge in [-0.3, -0.25) is 10.1 Å². The highest BCUT2D eigenvalue weighted by Gasteiger charge is 2.12. The van der Waals surface area contributed by atoms with Crippen LogP contribution in [0.5, 0.6) is 0 Å². The van der Waals surface area contributed by atoms with Crippen LogP contribution in [-0.4, -0.2) is 21.9 Å². The SMILES string of the molecule is CCSc1ccc(Cc2nnc(NC(=O)Cc3cccc4ccccc34)o2)cc1. The summed E-state index contributed by atoms with van der Waals surface area (Å²) in [5, 5.41) is 12.9. The Hall–Kier alpha value is -3.12. The molecule has 3 aromatic carbocycles. The summed E-state index contributed by atoms with van der Waals surface area (Å²) in [4.78, 5) is 13.7. The molecule has 1 N–H and O–H groups in total. The molecule has 146 valence electrons. The minimum absolute atomic E-state index is 0.128. The first kappa shape index (κ1) is 19.2. The molecule has 0 aliphatic rings. The number of fused-ring (bicyclic) bond motifs is 1. The molecule has 0 fully saturated rings. The minimum Gasteiger partial charge on any atom is -0.407 e. The second kappa shape index (κ2) is 8.92. The Kier molecular flexibility index (Phi) is 5.91. The minimum atomic E-state index is -0.183. The highest BCUT2D eigenvalue weighted by molar-refractivity contribution is 7.99. The molecular formula is C23H21N3O2S. The van der Waals surface area contributed by atoms with E-state index in [4.69, 9.17) is 4.42 Å². The van der Waals surface area contributed by atoms with E-state index >= 15 is 0 Å². The van der Waals surface area contributed by atoms with Crippen molar-refractivity contribution in [1.29, 1.82) is 0 Å². The molecule has 6 heteroatoms. The Bertz CT molecular complexity index is 1120. The van der Waals surface area contributed by atoms with Crippen LogP contribution in [0.1, 0.15) is 23.9 Å². The molecule has 0 aliphatic carbocycles. The van der Waals surface area contributed by atoms with Crippen LogP contribution in [0.3, 0.4) is 0 Å². The summed E-state index contributed by atoms with van der Waals surface area (Å²) >= 11 is 1.80. The number of hydrogen-bond acceptors (Lipinski definition) is 5. The van der Waals surface area contributed by atoms with E-state index in [1.807, 2.05) is 42.5 Å². The van der Waals surface area contributed by atoms with Crippen molar-refractivity contribution in [2.75, 3.05) is 11.1 Å². The van der Waals surface area contributed by atoms with E-state index in [2.05, 4.69) is 46.7 Å². The second-order valence-electron chi connectivity index (χ2n) is 6.62. The molecule has 1 aromatic heterocycles. The van der Waals surface area contributed by atoms with E-state index in [1.165, 1.54) is 4.90 Å². The molecule has 5 nitrogen and oxygen atoms in total. The van der Waals surface area contributed by atoms with Gasteiger partial charge in [0.15, 0.2) is 0 Å². The zero-order chi connectivity index (χ0) is 20.1. The van der Waals surface area contributed by atoms with Gasteiger partial charge in [0, 0.05) is 4.90 Å². The zero-order valence-corrected chi connectivity index (χ0v) is 16.9. The number of anilines is 1. The van der Waals surface area contributed by atoms with Crippen LogP contribution < -0.4 is 5.32 Å². The first-order valence-electron chi connectivity index (χ1n) is 9.52. The van der Waals surface area contributed by atoms with Crippen LogP contribution >= 0.6 is 11.8 Å². The molecule has 4 rings (SSSR count). The summed E-state index contributed by atoms with van der Waals surface area (Å²) in [6, 6.07) is 22.4. The van der Waals surface area contributed by atoms with Gasteiger partial charge in [-0.1, -0.05) is 66.6 Å². The lowest BCUT2D eigenvalue weighted by Gasteiger charge is -2.05. The normalized spacial score (nSPS) is 10.9. The number of nitrogens with zero attached hydrogens (tertiary/aromatic N) is 2. The summed E-state index contributed by atoms with van der Waals surface area (Å²) in [6.07, 6.45) is 0.777. The highest BCUT2D eigenvalue weighted by Crippen LogP contribution is 2.21. The third kappa shape index (κ3) is 4.84. The molecular weight excluding hydrogens is 382 g/mol. The highest BCUT2D eigenvalue weighted by atomic mass is 32.2. The van der Waals surface area contributed by atoms with Crippen molar-refractivity contribution < 1.29 is 9.21 Å². The van der Waals surface area contributed by atoms with E-state index in [-0.39, 0.29) is 18.3 Å². The molecule has 0 bridgehead atoms. The Morgan fingerprint density at radius 3 is 2.62 bits per heavy atom. The van der Waals surface area contributed by atoms with E-state index in [1.54, 1.807) is 11.8 Å². The lowest BCUT2D eigenvalue weighted by molar-refractivity contribution is -0.115. The molecule has 0 aliphatic heterocycles. The van der Waals surface area contributed by atoms with Crippen LogP contribution in [0.2, 0.25) is 0 Å². The third-order valence-electron chi connectivity index (χ3n) is 4.53. The van der Waals surface area contributed by atoms with Gasteiger partial charge in [-0.25, -0.2) is 0 Å². The average molecular weight is 404 g/mol. The number of benzene rings is 3. The number of thioether (sulfide) groups is 1. The lowest BCUT2D eigenvalue weighted by atomic mass is 10.0. The Morgan fingerprint density at radius 1 is 1.00 bits per heavy atom. The Labute approximate surface area is 173 Å². The maximum atomic E-state index is 12.5. The van der Waals surface area contributed by atoms with Gasteiger partial charge in [-0.15, -0.1) is 16.9 Å². The smallest absolute Gasteiger partial charge is 0.322 e. The fourth-order valence-electron chi connectivity index (χ4n) is 3.20. The van der Waals surface area contributed by atoms with Gasteiger partial charge >= 0.3 is 6.01 Å². The van der Waals surface area contributed by atoms with Crippen molar-refractivity contribution in [3.63, 3.8) is 0 Å². The number of hydrogen-bond donors (Lipinski definition) is 1. The zero-order valence-electron chi connectivity index (χ0n) is 16.1. The van der Waals surface area contributed by atoms with Crippen molar-refractivity contribution in [3.8, 4) is 0 Å². The van der Waals surface area contributed by atoms with Gasteiger partial charge in [-0.2, -0.15) is 0 Å². The summed E-state index contributed by atoms with van der Waals surface area (Å²) in [5.41, 5.74) is 2.05. The first-order chi connectivity index (χ1) is 14.2. The summed E-state index contributed by atoms with van der Waals surface area (Å²) in [7, 11) is 0. The Morgan fingerprint density at radius 2 is 1.79 bits per heavy atom. The largest absolute Gasteiger partial charge is 0.407 e. The standard InChI is InChI=1S/C23H21N3O2S/c1-2-29-19-12-10-16(11-13-19)14-22-25-26-23(28-22)24-21(27)15-18-8-5-7-17-6-3-4-9-20(17)18/h3-13H,2,14-15H2,1H3,(H,24,26,27). The molecule has 0 unspecified atom stereocenters. The van der Waals surface area contributed by atoms with Crippen LogP contribution in [0, 0.1) is 0 Å². The van der Waals surface area contributed by atoms with Gasteiger partial charge in [0.2, 0.25) is 11.8 Å². The molecule has 0 saturated carbocycles. The quantitative estimate of drug-likeness (QED) is 0.435. The molecule has 29 heavy (non-hydrogen) atoms. The van der Waals surface area contributed by atoms with Crippen molar-refractivity contribution in [2.45, 2.75) is 24.7 Å². The molecule has 1 amide bonds. The third-order valence-corrected chi connectivity index (χ3v) is 5.43. The number of rotatable bonds is 7. The second-order valence-corrected chi connectivity index (χ2v) is 7.96. The van der Waals surface area contributed by atoms with E-state index in [9.17, 15) is 4.79 Å². The number of amides is 1. The van der Waals surface area contributed by atoms with Crippen LogP contribution in [0.4, 0.5) is 6.01 Å². The van der Waals surface area contributed by atoms with Crippen LogP contribution in [0.15, 0.2) is 76.0 Å². The van der Waals surface area contributed by atoms with Gasteiger partial charge in [-0.05, 0) is 39.8 Å². The lowest BCUT2D eigenvalue weighted by Crippen LogP contribution is -2.14. The Balaban J connectivity index is 1.39. The van der Waals surface area contributed by atoms with E-state index in [0.717, 1.165) is 27.7 Å². The van der Waals surface area contributed by atoms with Crippen molar-refractivity contribution in [2.24, 2.45) is 0 Å². The van der Waals surface area contributed by atoms with Crippen molar-refractivity contribution >= 4 is 34.5 Å². The molecule has 0 radical (unpaired) electrons. The number of carbonyl (C=O) groups excluding carboxylic acids is 1. The summed E-state index contributed by atoms with van der Waals surface area (Å²) in [6.45, 7) is 2.13.